The Morgan fingerprint density at radius 2 is 1.83 bits per heavy atom. The van der Waals surface area contributed by atoms with Crippen molar-refractivity contribution in [3.05, 3.63) is 29.6 Å². The maximum absolute atomic E-state index is 14.8. The van der Waals surface area contributed by atoms with Crippen molar-refractivity contribution in [2.24, 2.45) is 0 Å². The van der Waals surface area contributed by atoms with Crippen LogP contribution in [0.25, 0.3) is 0 Å². The van der Waals surface area contributed by atoms with Crippen molar-refractivity contribution in [3.8, 4) is 0 Å². The van der Waals surface area contributed by atoms with E-state index in [9.17, 15) is 9.18 Å². The van der Waals surface area contributed by atoms with Crippen LogP contribution in [-0.2, 0) is 11.3 Å². The van der Waals surface area contributed by atoms with E-state index in [2.05, 4.69) is 31.0 Å². The molecule has 2 fully saturated rings. The van der Waals surface area contributed by atoms with E-state index in [0.717, 1.165) is 31.6 Å². The van der Waals surface area contributed by atoms with Gasteiger partial charge in [-0.2, -0.15) is 0 Å². The molecule has 0 saturated carbocycles. The highest BCUT2D eigenvalue weighted by Gasteiger charge is 2.26. The largest absolute Gasteiger partial charge is 0.372 e. The molecule has 2 amide bonds. The van der Waals surface area contributed by atoms with Crippen LogP contribution in [0.5, 0.6) is 0 Å². The Kier molecular flexibility index (Phi) is 7.24. The van der Waals surface area contributed by atoms with Gasteiger partial charge in [0.15, 0.2) is 0 Å². The van der Waals surface area contributed by atoms with Crippen molar-refractivity contribution >= 4 is 11.7 Å². The third-order valence-corrected chi connectivity index (χ3v) is 5.95. The SMILES string of the molecule is CC1CN(c2ccc(CNC(=O)N3CCCN(C(C)(C)C)CC3)cc2F)CC(C)O1. The van der Waals surface area contributed by atoms with E-state index in [1.54, 1.807) is 0 Å². The number of benzene rings is 1. The van der Waals surface area contributed by atoms with Gasteiger partial charge in [-0.1, -0.05) is 6.07 Å². The van der Waals surface area contributed by atoms with Gasteiger partial charge in [-0.25, -0.2) is 9.18 Å². The molecule has 2 heterocycles. The topological polar surface area (TPSA) is 48.1 Å². The number of anilines is 1. The summed E-state index contributed by atoms with van der Waals surface area (Å²) < 4.78 is 20.5. The first-order valence-corrected chi connectivity index (χ1v) is 11.1. The second kappa shape index (κ2) is 9.52. The van der Waals surface area contributed by atoms with Crippen LogP contribution in [0.15, 0.2) is 18.2 Å². The molecule has 7 heteroatoms. The molecule has 0 spiro atoms. The molecule has 168 valence electrons. The van der Waals surface area contributed by atoms with Gasteiger partial charge in [-0.05, 0) is 58.7 Å². The number of ether oxygens (including phenoxy) is 1. The molecule has 1 aromatic carbocycles. The lowest BCUT2D eigenvalue weighted by Crippen LogP contribution is -2.46. The van der Waals surface area contributed by atoms with Gasteiger partial charge >= 0.3 is 6.03 Å². The summed E-state index contributed by atoms with van der Waals surface area (Å²) in [6, 6.07) is 5.16. The van der Waals surface area contributed by atoms with Crippen molar-refractivity contribution < 1.29 is 13.9 Å². The molecule has 1 aromatic rings. The van der Waals surface area contributed by atoms with E-state index in [-0.39, 0.29) is 29.6 Å². The van der Waals surface area contributed by atoms with Crippen molar-refractivity contribution in [3.63, 3.8) is 0 Å². The lowest BCUT2D eigenvalue weighted by molar-refractivity contribution is -0.00539. The third kappa shape index (κ3) is 5.85. The summed E-state index contributed by atoms with van der Waals surface area (Å²) >= 11 is 0. The zero-order chi connectivity index (χ0) is 21.9. The fraction of sp³-hybridized carbons (Fsp3) is 0.696. The second-order valence-electron chi connectivity index (χ2n) is 9.61. The standard InChI is InChI=1S/C23H37FN4O2/c1-17-15-27(16-18(2)30-17)21-8-7-19(13-20(21)24)14-25-22(29)26-9-6-10-28(12-11-26)23(3,4)5/h7-8,13,17-18H,6,9-12,14-16H2,1-5H3,(H,25,29). The van der Waals surface area contributed by atoms with Crippen LogP contribution in [0.4, 0.5) is 14.9 Å². The number of carbonyl (C=O) groups is 1. The average Bonchev–Trinajstić information content (AvgIpc) is 2.91. The second-order valence-corrected chi connectivity index (χ2v) is 9.61. The lowest BCUT2D eigenvalue weighted by Gasteiger charge is -2.37. The lowest BCUT2D eigenvalue weighted by atomic mass is 10.1. The molecule has 30 heavy (non-hydrogen) atoms. The van der Waals surface area contributed by atoms with Crippen LogP contribution in [-0.4, -0.2) is 72.8 Å². The van der Waals surface area contributed by atoms with Gasteiger partial charge in [0.25, 0.3) is 0 Å². The number of amides is 2. The third-order valence-electron chi connectivity index (χ3n) is 5.95. The van der Waals surface area contributed by atoms with Gasteiger partial charge in [0.2, 0.25) is 0 Å². The number of rotatable bonds is 3. The number of morpholine rings is 1. The van der Waals surface area contributed by atoms with Gasteiger partial charge in [-0.3, -0.25) is 4.90 Å². The van der Waals surface area contributed by atoms with E-state index in [4.69, 9.17) is 4.74 Å². The van der Waals surface area contributed by atoms with Crippen LogP contribution in [0.1, 0.15) is 46.6 Å². The van der Waals surface area contributed by atoms with E-state index in [1.165, 1.54) is 6.07 Å². The zero-order valence-corrected chi connectivity index (χ0v) is 19.1. The summed E-state index contributed by atoms with van der Waals surface area (Å²) in [5.41, 5.74) is 1.48. The fourth-order valence-corrected chi connectivity index (χ4v) is 4.37. The highest BCUT2D eigenvalue weighted by molar-refractivity contribution is 5.74. The number of carbonyl (C=O) groups excluding carboxylic acids is 1. The predicted molar refractivity (Wildman–Crippen MR) is 118 cm³/mol. The predicted octanol–water partition coefficient (Wildman–Crippen LogP) is 3.46. The van der Waals surface area contributed by atoms with Crippen LogP contribution in [0.2, 0.25) is 0 Å². The van der Waals surface area contributed by atoms with Gasteiger partial charge in [0, 0.05) is 51.4 Å². The minimum atomic E-state index is -0.251. The summed E-state index contributed by atoms with van der Waals surface area (Å²) in [6.45, 7) is 15.7. The molecule has 0 aliphatic carbocycles. The first-order chi connectivity index (χ1) is 14.1. The number of hydrogen-bond donors (Lipinski definition) is 1. The maximum Gasteiger partial charge on any atom is 0.317 e. The zero-order valence-electron chi connectivity index (χ0n) is 19.1. The van der Waals surface area contributed by atoms with Gasteiger partial charge in [0.05, 0.1) is 17.9 Å². The molecule has 2 aliphatic rings. The quantitative estimate of drug-likeness (QED) is 0.814. The minimum absolute atomic E-state index is 0.0777. The number of urea groups is 1. The molecular formula is C23H37FN4O2. The monoisotopic (exact) mass is 420 g/mol. The van der Waals surface area contributed by atoms with Crippen LogP contribution >= 0.6 is 0 Å². The van der Waals surface area contributed by atoms with Crippen LogP contribution in [0.3, 0.4) is 0 Å². The molecular weight excluding hydrogens is 383 g/mol. The first kappa shape index (κ1) is 22.8. The average molecular weight is 421 g/mol. The molecule has 0 bridgehead atoms. The molecule has 6 nitrogen and oxygen atoms in total. The molecule has 2 saturated heterocycles. The number of nitrogens with one attached hydrogen (secondary N) is 1. The number of hydrogen-bond acceptors (Lipinski definition) is 4. The van der Waals surface area contributed by atoms with Gasteiger partial charge < -0.3 is 19.9 Å². The Labute approximate surface area is 180 Å². The van der Waals surface area contributed by atoms with Gasteiger partial charge in [0.1, 0.15) is 5.82 Å². The summed E-state index contributed by atoms with van der Waals surface area (Å²) in [7, 11) is 0. The highest BCUT2D eigenvalue weighted by Crippen LogP contribution is 2.24. The molecule has 2 unspecified atom stereocenters. The molecule has 0 radical (unpaired) electrons. The fourth-order valence-electron chi connectivity index (χ4n) is 4.37. The van der Waals surface area contributed by atoms with E-state index in [1.807, 2.05) is 35.8 Å². The summed E-state index contributed by atoms with van der Waals surface area (Å²) in [5.74, 6) is -0.251. The maximum atomic E-state index is 14.8. The van der Waals surface area contributed by atoms with Crippen molar-refractivity contribution in [1.82, 2.24) is 15.1 Å². The Morgan fingerprint density at radius 1 is 1.13 bits per heavy atom. The van der Waals surface area contributed by atoms with E-state index in [0.29, 0.717) is 31.9 Å². The molecule has 0 aromatic heterocycles. The summed E-state index contributed by atoms with van der Waals surface area (Å²) in [4.78, 5) is 19.0. The van der Waals surface area contributed by atoms with E-state index < -0.39 is 0 Å². The molecule has 3 rings (SSSR count). The smallest absolute Gasteiger partial charge is 0.317 e. The summed E-state index contributed by atoms with van der Waals surface area (Å²) in [6.07, 6.45) is 1.12. The Hall–Kier alpha value is -1.86. The normalized spacial score (nSPS) is 23.9. The van der Waals surface area contributed by atoms with Crippen molar-refractivity contribution in [2.75, 3.05) is 44.2 Å². The van der Waals surface area contributed by atoms with E-state index >= 15 is 0 Å². The number of nitrogens with zero attached hydrogens (tertiary/aromatic N) is 3. The minimum Gasteiger partial charge on any atom is -0.372 e. The first-order valence-electron chi connectivity index (χ1n) is 11.1. The Balaban J connectivity index is 1.54. The van der Waals surface area contributed by atoms with Crippen LogP contribution in [0, 0.1) is 5.82 Å². The summed E-state index contributed by atoms with van der Waals surface area (Å²) in [5, 5.41) is 2.96. The Morgan fingerprint density at radius 3 is 2.47 bits per heavy atom. The van der Waals surface area contributed by atoms with Crippen LogP contribution < -0.4 is 10.2 Å². The van der Waals surface area contributed by atoms with Crippen molar-refractivity contribution in [1.29, 1.82) is 0 Å². The molecule has 2 atom stereocenters. The van der Waals surface area contributed by atoms with Gasteiger partial charge in [-0.15, -0.1) is 0 Å². The highest BCUT2D eigenvalue weighted by atomic mass is 19.1. The number of halogens is 1. The Bertz CT molecular complexity index is 726. The molecule has 2 aliphatic heterocycles. The molecule has 1 N–H and O–H groups in total. The van der Waals surface area contributed by atoms with Crippen molar-refractivity contribution in [2.45, 2.75) is 65.3 Å².